The van der Waals surface area contributed by atoms with E-state index in [1.807, 2.05) is 35.7 Å². The first-order chi connectivity index (χ1) is 15.1. The number of hydrogen-bond donors (Lipinski definition) is 0. The number of carbonyl (C=O) groups excluding carboxylic acids is 1. The van der Waals surface area contributed by atoms with E-state index in [-0.39, 0.29) is 5.91 Å². The molecule has 0 aliphatic carbocycles. The highest BCUT2D eigenvalue weighted by Gasteiger charge is 2.22. The molecule has 4 aromatic rings. The van der Waals surface area contributed by atoms with Gasteiger partial charge in [0.15, 0.2) is 0 Å². The zero-order chi connectivity index (χ0) is 21.8. The van der Waals surface area contributed by atoms with Gasteiger partial charge in [0.2, 0.25) is 5.13 Å². The number of methoxy groups -OCH3 is 3. The number of carbonyl (C=O) groups is 1. The summed E-state index contributed by atoms with van der Waals surface area (Å²) in [5, 5.41) is 8.16. The summed E-state index contributed by atoms with van der Waals surface area (Å²) < 4.78 is 16.8. The van der Waals surface area contributed by atoms with E-state index in [1.54, 1.807) is 31.5 Å². The van der Waals surface area contributed by atoms with E-state index in [1.165, 1.54) is 41.9 Å². The smallest absolute Gasteiger partial charge is 0.281 e. The fourth-order valence-electron chi connectivity index (χ4n) is 2.83. The third-order valence-corrected chi connectivity index (χ3v) is 6.20. The van der Waals surface area contributed by atoms with Gasteiger partial charge in [-0.15, -0.1) is 11.3 Å². The molecule has 0 fully saturated rings. The monoisotopic (exact) mass is 453 g/mol. The van der Waals surface area contributed by atoms with Crippen molar-refractivity contribution in [3.05, 3.63) is 64.4 Å². The van der Waals surface area contributed by atoms with Crippen LogP contribution in [0.2, 0.25) is 0 Å². The van der Waals surface area contributed by atoms with Crippen molar-refractivity contribution in [2.45, 2.75) is 0 Å². The topological polar surface area (TPSA) is 73.3 Å². The van der Waals surface area contributed by atoms with E-state index in [2.05, 4.69) is 10.1 Å². The van der Waals surface area contributed by atoms with Gasteiger partial charge in [0.1, 0.15) is 17.2 Å². The quantitative estimate of drug-likeness (QED) is 0.289. The van der Waals surface area contributed by atoms with Crippen molar-refractivity contribution in [3.63, 3.8) is 0 Å². The van der Waals surface area contributed by atoms with Crippen LogP contribution in [0.15, 0.2) is 59.0 Å². The molecule has 0 atom stereocenters. The number of rotatable bonds is 7. The summed E-state index contributed by atoms with van der Waals surface area (Å²) in [7, 11) is 4.69. The van der Waals surface area contributed by atoms with Crippen LogP contribution >= 0.6 is 22.7 Å². The molecule has 0 aliphatic rings. The Kier molecular flexibility index (Phi) is 6.15. The fraction of sp³-hybridized carbons (Fsp3) is 0.136. The van der Waals surface area contributed by atoms with E-state index in [0.717, 1.165) is 20.8 Å². The first-order valence-electron chi connectivity index (χ1n) is 9.21. The van der Waals surface area contributed by atoms with Gasteiger partial charge >= 0.3 is 0 Å². The summed E-state index contributed by atoms with van der Waals surface area (Å²) in [4.78, 5) is 19.0. The van der Waals surface area contributed by atoms with Gasteiger partial charge in [-0.05, 0) is 41.8 Å². The van der Waals surface area contributed by atoms with Crippen LogP contribution in [0.5, 0.6) is 17.2 Å². The van der Waals surface area contributed by atoms with Crippen molar-refractivity contribution in [2.75, 3.05) is 26.3 Å². The molecular weight excluding hydrogens is 434 g/mol. The number of amides is 1. The largest absolute Gasteiger partial charge is 0.497 e. The molecular formula is C22H19N3O4S2. The van der Waals surface area contributed by atoms with Crippen LogP contribution in [0.25, 0.3) is 10.2 Å². The lowest BCUT2D eigenvalue weighted by molar-refractivity contribution is 0.0987. The standard InChI is InChI=1S/C22H19N3O4S2/c1-27-15-6-7-19-20(12-15)31-22(24-19)25(23-13-18-5-4-8-30-18)21(26)14-9-16(28-2)11-17(10-14)29-3/h4-13H,1-3H3/b23-13+. The molecule has 0 spiro atoms. The Labute approximate surface area is 187 Å². The third kappa shape index (κ3) is 4.52. The summed E-state index contributed by atoms with van der Waals surface area (Å²) in [6.45, 7) is 0. The number of thiophene rings is 1. The second-order valence-corrected chi connectivity index (χ2v) is 8.30. The van der Waals surface area contributed by atoms with Crippen molar-refractivity contribution >= 4 is 50.1 Å². The van der Waals surface area contributed by atoms with Gasteiger partial charge in [-0.25, -0.2) is 4.98 Å². The van der Waals surface area contributed by atoms with Crippen molar-refractivity contribution in [2.24, 2.45) is 5.10 Å². The van der Waals surface area contributed by atoms with Crippen LogP contribution in [0.1, 0.15) is 15.2 Å². The van der Waals surface area contributed by atoms with Crippen LogP contribution in [-0.4, -0.2) is 38.4 Å². The van der Waals surface area contributed by atoms with Gasteiger partial charge in [0.25, 0.3) is 5.91 Å². The highest BCUT2D eigenvalue weighted by molar-refractivity contribution is 7.22. The molecule has 0 radical (unpaired) electrons. The van der Waals surface area contributed by atoms with Crippen LogP contribution in [0.3, 0.4) is 0 Å². The van der Waals surface area contributed by atoms with Gasteiger partial charge in [-0.1, -0.05) is 17.4 Å². The molecule has 0 saturated carbocycles. The SMILES string of the molecule is COc1cc(OC)cc(C(=O)N(/N=C/c2cccs2)c2nc3ccc(OC)cc3s2)c1. The van der Waals surface area contributed by atoms with E-state index < -0.39 is 0 Å². The van der Waals surface area contributed by atoms with Gasteiger partial charge in [-0.3, -0.25) is 4.79 Å². The molecule has 0 saturated heterocycles. The minimum Gasteiger partial charge on any atom is -0.497 e. The number of fused-ring (bicyclic) bond motifs is 1. The Bertz CT molecular complexity index is 1210. The zero-order valence-electron chi connectivity index (χ0n) is 17.1. The second-order valence-electron chi connectivity index (χ2n) is 6.31. The Balaban J connectivity index is 1.78. The maximum absolute atomic E-state index is 13.5. The Morgan fingerprint density at radius 2 is 1.74 bits per heavy atom. The number of anilines is 1. The average Bonchev–Trinajstić information content (AvgIpc) is 3.47. The van der Waals surface area contributed by atoms with Crippen molar-refractivity contribution < 1.29 is 19.0 Å². The number of thiazole rings is 1. The molecule has 0 N–H and O–H groups in total. The Morgan fingerprint density at radius 3 is 2.39 bits per heavy atom. The summed E-state index contributed by atoms with van der Waals surface area (Å²) >= 11 is 2.89. The number of aromatic nitrogens is 1. The molecule has 158 valence electrons. The Morgan fingerprint density at radius 1 is 1.00 bits per heavy atom. The summed E-state index contributed by atoms with van der Waals surface area (Å²) in [6, 6.07) is 14.4. The first kappa shape index (κ1) is 20.8. The minimum atomic E-state index is -0.351. The predicted molar refractivity (Wildman–Crippen MR) is 124 cm³/mol. The molecule has 2 aromatic carbocycles. The molecule has 1 amide bonds. The van der Waals surface area contributed by atoms with Crippen molar-refractivity contribution in [3.8, 4) is 17.2 Å². The fourth-order valence-corrected chi connectivity index (χ4v) is 4.36. The third-order valence-electron chi connectivity index (χ3n) is 4.40. The molecule has 7 nitrogen and oxygen atoms in total. The van der Waals surface area contributed by atoms with Crippen molar-refractivity contribution in [1.29, 1.82) is 0 Å². The van der Waals surface area contributed by atoms with E-state index in [4.69, 9.17) is 14.2 Å². The van der Waals surface area contributed by atoms with Crippen LogP contribution < -0.4 is 19.2 Å². The van der Waals surface area contributed by atoms with Gasteiger partial charge < -0.3 is 14.2 Å². The van der Waals surface area contributed by atoms with E-state index >= 15 is 0 Å². The summed E-state index contributed by atoms with van der Waals surface area (Å²) in [5.41, 5.74) is 1.13. The molecule has 0 bridgehead atoms. The molecule has 2 aromatic heterocycles. The van der Waals surface area contributed by atoms with Gasteiger partial charge in [0, 0.05) is 16.5 Å². The highest BCUT2D eigenvalue weighted by atomic mass is 32.1. The van der Waals surface area contributed by atoms with Crippen LogP contribution in [-0.2, 0) is 0 Å². The number of nitrogens with zero attached hydrogens (tertiary/aromatic N) is 3. The lowest BCUT2D eigenvalue weighted by Crippen LogP contribution is -2.25. The van der Waals surface area contributed by atoms with Gasteiger partial charge in [-0.2, -0.15) is 10.1 Å². The zero-order valence-corrected chi connectivity index (χ0v) is 18.7. The Hall–Kier alpha value is -3.43. The lowest BCUT2D eigenvalue weighted by Gasteiger charge is -2.15. The number of hydrogen-bond acceptors (Lipinski definition) is 8. The second kappa shape index (κ2) is 9.15. The number of hydrazone groups is 1. The molecule has 0 unspecified atom stereocenters. The van der Waals surface area contributed by atoms with Crippen LogP contribution in [0.4, 0.5) is 5.13 Å². The maximum Gasteiger partial charge on any atom is 0.281 e. The molecule has 31 heavy (non-hydrogen) atoms. The number of ether oxygens (including phenoxy) is 3. The van der Waals surface area contributed by atoms with Gasteiger partial charge in [0.05, 0.1) is 37.8 Å². The number of benzene rings is 2. The summed E-state index contributed by atoms with van der Waals surface area (Å²) in [5.74, 6) is 1.40. The summed E-state index contributed by atoms with van der Waals surface area (Å²) in [6.07, 6.45) is 1.65. The highest BCUT2D eigenvalue weighted by Crippen LogP contribution is 2.33. The molecule has 0 aliphatic heterocycles. The van der Waals surface area contributed by atoms with Crippen molar-refractivity contribution in [1.82, 2.24) is 4.98 Å². The van der Waals surface area contributed by atoms with E-state index in [9.17, 15) is 4.79 Å². The van der Waals surface area contributed by atoms with Crippen LogP contribution in [0, 0.1) is 0 Å². The molecule has 2 heterocycles. The average molecular weight is 454 g/mol. The normalized spacial score (nSPS) is 11.1. The molecule has 9 heteroatoms. The first-order valence-corrected chi connectivity index (χ1v) is 10.9. The maximum atomic E-state index is 13.5. The molecule has 4 rings (SSSR count). The van der Waals surface area contributed by atoms with E-state index in [0.29, 0.717) is 22.2 Å². The predicted octanol–water partition coefficient (Wildman–Crippen LogP) is 5.06. The minimum absolute atomic E-state index is 0.351. The lowest BCUT2D eigenvalue weighted by atomic mass is 10.2.